The molecule has 0 saturated heterocycles. The molecule has 282 valence electrons. The minimum Gasteiger partial charge on any atom is -0.508 e. The lowest BCUT2D eigenvalue weighted by molar-refractivity contribution is -0.169. The number of rotatable bonds is 12. The van der Waals surface area contributed by atoms with Gasteiger partial charge in [-0.1, -0.05) is 64.4 Å². The monoisotopic (exact) mass is 757 g/mol. The SMILES string of the molecule is C[C@H]1c2ccc(NC(=O)CCCCCCCc3cccc(P(C)C)c3)c(O)c2C(O)=C2C(=O)[C@]3(O)C(O)=C(C(N)=O)C(=O)[C@@H](N(C)C)[C@@H]3[C@@H](O)[C@@H]21.Cl. The number of carbonyl (C=O) groups excluding carboxylic acids is 4. The molecule has 2 aromatic rings. The fourth-order valence-electron chi connectivity index (χ4n) is 8.07. The van der Waals surface area contributed by atoms with Crippen molar-refractivity contribution in [3.05, 3.63) is 70.0 Å². The zero-order valence-corrected chi connectivity index (χ0v) is 31.8. The molecule has 3 aliphatic rings. The van der Waals surface area contributed by atoms with Gasteiger partial charge in [-0.2, -0.15) is 0 Å². The number of primary amides is 1. The summed E-state index contributed by atoms with van der Waals surface area (Å²) < 4.78 is 0. The second-order valence-corrected chi connectivity index (χ2v) is 16.7. The molecule has 0 heterocycles. The maximum Gasteiger partial charge on any atom is 0.255 e. The summed E-state index contributed by atoms with van der Waals surface area (Å²) in [6.07, 6.45) is 4.14. The van der Waals surface area contributed by atoms with Gasteiger partial charge in [0.15, 0.2) is 11.4 Å². The summed E-state index contributed by atoms with van der Waals surface area (Å²) in [6, 6.07) is 10.4. The molecule has 0 bridgehead atoms. The van der Waals surface area contributed by atoms with Gasteiger partial charge in [0.25, 0.3) is 5.91 Å². The van der Waals surface area contributed by atoms with Crippen LogP contribution in [0.1, 0.15) is 68.1 Å². The second-order valence-electron chi connectivity index (χ2n) is 14.4. The summed E-state index contributed by atoms with van der Waals surface area (Å²) in [6.45, 7) is 6.14. The number of hydrogen-bond donors (Lipinski definition) is 7. The van der Waals surface area contributed by atoms with E-state index < -0.39 is 81.4 Å². The number of carbonyl (C=O) groups is 4. The Hall–Kier alpha value is -3.80. The molecule has 1 saturated carbocycles. The van der Waals surface area contributed by atoms with Crippen molar-refractivity contribution < 1.29 is 44.7 Å². The molecule has 52 heavy (non-hydrogen) atoms. The molecule has 0 aliphatic heterocycles. The van der Waals surface area contributed by atoms with Crippen molar-refractivity contribution in [2.45, 2.75) is 75.5 Å². The summed E-state index contributed by atoms with van der Waals surface area (Å²) >= 11 is 0. The Morgan fingerprint density at radius 2 is 1.65 bits per heavy atom. The summed E-state index contributed by atoms with van der Waals surface area (Å²) in [5.74, 6) is -10.0. The number of nitrogens with one attached hydrogen (secondary N) is 1. The van der Waals surface area contributed by atoms with Gasteiger partial charge in [-0.3, -0.25) is 24.1 Å². The molecule has 3 aliphatic carbocycles. The number of nitrogens with zero attached hydrogens (tertiary/aromatic N) is 1. The highest BCUT2D eigenvalue weighted by molar-refractivity contribution is 7.64. The molecular formula is C38H49ClN3O9P. The molecule has 0 unspecified atom stereocenters. The number of Topliss-reactive ketones (excluding diaryl/α,β-unsaturated/α-hetero) is 2. The number of hydrogen-bond acceptors (Lipinski definition) is 10. The molecule has 2 amide bonds. The van der Waals surface area contributed by atoms with E-state index in [-0.39, 0.29) is 43.9 Å². The zero-order chi connectivity index (χ0) is 37.5. The fourth-order valence-corrected chi connectivity index (χ4v) is 8.87. The number of ketones is 2. The van der Waals surface area contributed by atoms with Gasteiger partial charge in [0.05, 0.1) is 29.3 Å². The first kappa shape index (κ1) is 41.0. The van der Waals surface area contributed by atoms with Crippen LogP contribution in [0, 0.1) is 11.8 Å². The van der Waals surface area contributed by atoms with Crippen LogP contribution in [-0.2, 0) is 25.6 Å². The minimum absolute atomic E-state index is 0. The molecular weight excluding hydrogens is 709 g/mol. The molecule has 1 fully saturated rings. The number of aliphatic hydroxyl groups excluding tert-OH is 3. The average Bonchev–Trinajstić information content (AvgIpc) is 3.06. The summed E-state index contributed by atoms with van der Waals surface area (Å²) in [5, 5.41) is 61.6. The van der Waals surface area contributed by atoms with Gasteiger partial charge in [-0.25, -0.2) is 0 Å². The van der Waals surface area contributed by atoms with E-state index in [1.54, 1.807) is 13.0 Å². The number of phenols is 1. The van der Waals surface area contributed by atoms with Crippen molar-refractivity contribution in [2.24, 2.45) is 17.6 Å². The summed E-state index contributed by atoms with van der Waals surface area (Å²) in [7, 11) is 2.78. The first-order valence-corrected chi connectivity index (χ1v) is 19.5. The number of nitrogens with two attached hydrogens (primary N) is 1. The smallest absolute Gasteiger partial charge is 0.255 e. The number of amides is 2. The fraction of sp³-hybridized carbons (Fsp3) is 0.474. The number of anilines is 1. The lowest BCUT2D eigenvalue weighted by atomic mass is 9.54. The Morgan fingerprint density at radius 3 is 2.29 bits per heavy atom. The normalized spacial score (nSPS) is 25.4. The quantitative estimate of drug-likeness (QED) is 0.0721. The van der Waals surface area contributed by atoms with E-state index in [0.29, 0.717) is 12.0 Å². The minimum atomic E-state index is -3.00. The third-order valence-electron chi connectivity index (χ3n) is 10.7. The van der Waals surface area contributed by atoms with Crippen LogP contribution in [-0.4, -0.2) is 99.0 Å². The van der Waals surface area contributed by atoms with E-state index >= 15 is 0 Å². The van der Waals surface area contributed by atoms with Crippen LogP contribution in [0.5, 0.6) is 5.75 Å². The van der Waals surface area contributed by atoms with E-state index in [0.717, 1.165) is 32.1 Å². The Morgan fingerprint density at radius 1 is 1.00 bits per heavy atom. The molecule has 12 nitrogen and oxygen atoms in total. The molecule has 5 rings (SSSR count). The van der Waals surface area contributed by atoms with Gasteiger partial charge in [0.1, 0.15) is 22.8 Å². The number of benzene rings is 2. The molecule has 0 aromatic heterocycles. The van der Waals surface area contributed by atoms with Crippen LogP contribution in [0.4, 0.5) is 5.69 Å². The van der Waals surface area contributed by atoms with Crippen molar-refractivity contribution >= 4 is 60.5 Å². The Bertz CT molecular complexity index is 1830. The standard InChI is InChI=1S/C38H48N3O9P.ClH/c1-19-22-16-17-23(40-24(42)15-10-8-6-7-9-12-20-13-11-14-21(18-20)51(4)5)31(43)26(22)32(44)27-25(19)33(45)29-30(41(2)3)34(46)28(37(39)49)36(48)38(29,50)35(27)47;/h11,13-14,16-19,25,29-30,33,43-45,48,50H,6-10,12,15H2,1-5H3,(H2,39,49)(H,40,42);1H/t19-,25+,29+,30-,33-,38-;/m0./s1. The van der Waals surface area contributed by atoms with Crippen molar-refractivity contribution in [3.63, 3.8) is 0 Å². The van der Waals surface area contributed by atoms with Gasteiger partial charge in [-0.05, 0) is 75.1 Å². The van der Waals surface area contributed by atoms with Crippen LogP contribution in [0.25, 0.3) is 5.76 Å². The van der Waals surface area contributed by atoms with Crippen molar-refractivity contribution in [3.8, 4) is 5.75 Å². The maximum atomic E-state index is 14.2. The Kier molecular flexibility index (Phi) is 12.7. The van der Waals surface area contributed by atoms with Crippen LogP contribution < -0.4 is 16.4 Å². The third kappa shape index (κ3) is 7.11. The van der Waals surface area contributed by atoms with Crippen LogP contribution in [0.2, 0.25) is 0 Å². The Labute approximate surface area is 310 Å². The predicted molar refractivity (Wildman–Crippen MR) is 202 cm³/mol. The lowest BCUT2D eigenvalue weighted by Gasteiger charge is -2.53. The number of unbranched alkanes of at least 4 members (excludes halogenated alkanes) is 4. The average molecular weight is 758 g/mol. The molecule has 0 spiro atoms. The highest BCUT2D eigenvalue weighted by Gasteiger charge is 2.68. The van der Waals surface area contributed by atoms with Gasteiger partial charge in [-0.15, -0.1) is 12.4 Å². The maximum absolute atomic E-state index is 14.2. The first-order valence-electron chi connectivity index (χ1n) is 17.3. The number of fused-ring (bicyclic) bond motifs is 3. The topological polar surface area (TPSA) is 211 Å². The predicted octanol–water partition coefficient (Wildman–Crippen LogP) is 3.81. The number of aromatic hydroxyl groups is 1. The molecule has 0 radical (unpaired) electrons. The van der Waals surface area contributed by atoms with Crippen molar-refractivity contribution in [1.82, 2.24) is 4.90 Å². The number of aryl methyl sites for hydroxylation is 1. The van der Waals surface area contributed by atoms with E-state index in [2.05, 4.69) is 42.9 Å². The number of aliphatic hydroxyl groups is 4. The second kappa shape index (κ2) is 16.1. The van der Waals surface area contributed by atoms with E-state index in [9.17, 15) is 44.7 Å². The lowest BCUT2D eigenvalue weighted by Crippen LogP contribution is -2.70. The molecule has 14 heteroatoms. The van der Waals surface area contributed by atoms with Gasteiger partial charge >= 0.3 is 0 Å². The zero-order valence-electron chi connectivity index (χ0n) is 30.0. The summed E-state index contributed by atoms with van der Waals surface area (Å²) in [5.41, 5.74) is 2.43. The number of likely N-dealkylation sites (N-methyl/N-ethyl adjacent to an activating group) is 1. The highest BCUT2D eigenvalue weighted by Crippen LogP contribution is 2.56. The largest absolute Gasteiger partial charge is 0.508 e. The highest BCUT2D eigenvalue weighted by atomic mass is 35.5. The summed E-state index contributed by atoms with van der Waals surface area (Å²) in [4.78, 5) is 53.9. The molecule has 2 aromatic carbocycles. The van der Waals surface area contributed by atoms with Gasteiger partial charge < -0.3 is 36.6 Å². The van der Waals surface area contributed by atoms with Crippen LogP contribution in [0.15, 0.2) is 53.3 Å². The number of phenolic OH excluding ortho intramolecular Hbond substituents is 1. The van der Waals surface area contributed by atoms with E-state index in [1.165, 1.54) is 35.9 Å². The Balaban J connectivity index is 0.00000605. The number of halogens is 1. The first-order chi connectivity index (χ1) is 24.0. The van der Waals surface area contributed by atoms with E-state index in [1.807, 2.05) is 0 Å². The van der Waals surface area contributed by atoms with Crippen LogP contribution >= 0.6 is 20.3 Å². The van der Waals surface area contributed by atoms with Crippen LogP contribution in [0.3, 0.4) is 0 Å². The van der Waals surface area contributed by atoms with Crippen molar-refractivity contribution in [1.29, 1.82) is 0 Å². The third-order valence-corrected chi connectivity index (χ3v) is 12.0. The van der Waals surface area contributed by atoms with Gasteiger partial charge in [0.2, 0.25) is 11.7 Å². The molecule has 6 atom stereocenters. The van der Waals surface area contributed by atoms with Gasteiger partial charge in [0, 0.05) is 17.9 Å². The van der Waals surface area contributed by atoms with E-state index in [4.69, 9.17) is 5.73 Å². The van der Waals surface area contributed by atoms with Crippen molar-refractivity contribution in [2.75, 3.05) is 32.7 Å². The molecule has 8 N–H and O–H groups in total.